The average molecular weight is 497 g/mol. The van der Waals surface area contributed by atoms with Gasteiger partial charge in [-0.2, -0.15) is 0 Å². The van der Waals surface area contributed by atoms with E-state index in [4.69, 9.17) is 4.98 Å². The molecule has 1 heterocycles. The summed E-state index contributed by atoms with van der Waals surface area (Å²) < 4.78 is 37.2. The lowest BCUT2D eigenvalue weighted by atomic mass is 10.0. The van der Waals surface area contributed by atoms with Gasteiger partial charge >= 0.3 is 5.97 Å². The Hall–Kier alpha value is -3.56. The predicted molar refractivity (Wildman–Crippen MR) is 132 cm³/mol. The summed E-state index contributed by atoms with van der Waals surface area (Å²) in [6.07, 6.45) is 1.72. The van der Waals surface area contributed by atoms with Crippen LogP contribution >= 0.6 is 11.3 Å². The van der Waals surface area contributed by atoms with E-state index in [9.17, 15) is 22.7 Å². The average Bonchev–Trinajstić information content (AvgIpc) is 3.22. The van der Waals surface area contributed by atoms with Crippen LogP contribution in [-0.2, 0) is 16.3 Å². The molecule has 2 N–H and O–H groups in total. The molecule has 0 spiro atoms. The van der Waals surface area contributed by atoms with Gasteiger partial charge in [0.15, 0.2) is 15.0 Å². The second-order valence-electron chi connectivity index (χ2n) is 7.66. The number of nitrogens with one attached hydrogen (secondary N) is 1. The Bertz CT molecular complexity index is 1460. The molecule has 0 aliphatic rings. The normalized spacial score (nSPS) is 11.4. The second kappa shape index (κ2) is 9.36. The molecule has 0 saturated carbocycles. The van der Waals surface area contributed by atoms with E-state index in [2.05, 4.69) is 5.32 Å². The molecular formula is C25H21FN2O4S2. The highest BCUT2D eigenvalue weighted by molar-refractivity contribution is 7.90. The van der Waals surface area contributed by atoms with Crippen molar-refractivity contribution >= 4 is 38.0 Å². The molecule has 4 aromatic rings. The standard InChI is InChI=1S/C25H21FN2O4S2/c1-3-15-14-19(10-13-21(15)24(29)30)27-25-28-22(16-4-8-18(26)9-5-16)23(33-25)17-6-11-20(12-7-17)34(2,31)32/h4-14H,3H2,1-2H3,(H,27,28)(H,29,30). The largest absolute Gasteiger partial charge is 0.478 e. The minimum absolute atomic E-state index is 0.216. The number of aromatic nitrogens is 1. The van der Waals surface area contributed by atoms with Crippen LogP contribution in [0.4, 0.5) is 15.2 Å². The maximum Gasteiger partial charge on any atom is 0.335 e. The zero-order chi connectivity index (χ0) is 24.5. The van der Waals surface area contributed by atoms with Gasteiger partial charge in [0.25, 0.3) is 0 Å². The van der Waals surface area contributed by atoms with Gasteiger partial charge in [-0.3, -0.25) is 0 Å². The number of aromatic carboxylic acids is 1. The fourth-order valence-electron chi connectivity index (χ4n) is 3.52. The molecule has 0 unspecified atom stereocenters. The van der Waals surface area contributed by atoms with Gasteiger partial charge in [0.05, 0.1) is 21.0 Å². The fraction of sp³-hybridized carbons (Fsp3) is 0.120. The lowest BCUT2D eigenvalue weighted by molar-refractivity contribution is 0.0695. The molecule has 4 rings (SSSR count). The lowest BCUT2D eigenvalue weighted by Gasteiger charge is -2.08. The molecule has 1 aromatic heterocycles. The van der Waals surface area contributed by atoms with Crippen LogP contribution in [0, 0.1) is 5.82 Å². The molecule has 0 saturated heterocycles. The molecule has 0 amide bonds. The molecule has 6 nitrogen and oxygen atoms in total. The summed E-state index contributed by atoms with van der Waals surface area (Å²) >= 11 is 1.36. The van der Waals surface area contributed by atoms with E-state index in [-0.39, 0.29) is 16.3 Å². The van der Waals surface area contributed by atoms with Crippen molar-refractivity contribution in [3.8, 4) is 21.7 Å². The molecule has 174 valence electrons. The first kappa shape index (κ1) is 23.6. The summed E-state index contributed by atoms with van der Waals surface area (Å²) in [5.41, 5.74) is 3.75. The molecule has 0 bridgehead atoms. The number of aryl methyl sites for hydroxylation is 1. The van der Waals surface area contributed by atoms with Crippen LogP contribution in [0.15, 0.2) is 71.6 Å². The number of halogens is 1. The molecule has 0 atom stereocenters. The quantitative estimate of drug-likeness (QED) is 0.325. The number of thiazole rings is 1. The Morgan fingerprint density at radius 3 is 2.26 bits per heavy atom. The van der Waals surface area contributed by atoms with Crippen molar-refractivity contribution in [2.75, 3.05) is 11.6 Å². The fourth-order valence-corrected chi connectivity index (χ4v) is 5.17. The van der Waals surface area contributed by atoms with E-state index in [1.807, 2.05) is 6.92 Å². The third-order valence-electron chi connectivity index (χ3n) is 5.26. The van der Waals surface area contributed by atoms with Crippen LogP contribution in [0.25, 0.3) is 21.7 Å². The molecule has 34 heavy (non-hydrogen) atoms. The first-order valence-corrected chi connectivity index (χ1v) is 13.1. The van der Waals surface area contributed by atoms with E-state index in [1.165, 1.54) is 23.5 Å². The van der Waals surface area contributed by atoms with Crippen LogP contribution in [0.5, 0.6) is 0 Å². The van der Waals surface area contributed by atoms with Gasteiger partial charge in [-0.1, -0.05) is 30.4 Å². The molecular weight excluding hydrogens is 475 g/mol. The molecule has 0 fully saturated rings. The van der Waals surface area contributed by atoms with Crippen molar-refractivity contribution in [2.45, 2.75) is 18.2 Å². The first-order chi connectivity index (χ1) is 16.2. The topological polar surface area (TPSA) is 96.4 Å². The van der Waals surface area contributed by atoms with Crippen molar-refractivity contribution in [2.24, 2.45) is 0 Å². The van der Waals surface area contributed by atoms with Crippen molar-refractivity contribution in [1.82, 2.24) is 4.98 Å². The van der Waals surface area contributed by atoms with Crippen LogP contribution in [0.1, 0.15) is 22.8 Å². The van der Waals surface area contributed by atoms with Gasteiger partial charge in [0, 0.05) is 17.5 Å². The van der Waals surface area contributed by atoms with Crippen molar-refractivity contribution in [3.05, 3.63) is 83.7 Å². The zero-order valence-corrected chi connectivity index (χ0v) is 20.0. The smallest absolute Gasteiger partial charge is 0.335 e. The minimum Gasteiger partial charge on any atom is -0.478 e. The number of carboxylic acids is 1. The predicted octanol–water partition coefficient (Wildman–Crippen LogP) is 6.02. The zero-order valence-electron chi connectivity index (χ0n) is 18.4. The van der Waals surface area contributed by atoms with Crippen molar-refractivity contribution < 1.29 is 22.7 Å². The third kappa shape index (κ3) is 5.00. The van der Waals surface area contributed by atoms with Gasteiger partial charge in [-0.15, -0.1) is 0 Å². The lowest BCUT2D eigenvalue weighted by Crippen LogP contribution is -2.02. The maximum atomic E-state index is 13.5. The molecule has 9 heteroatoms. The molecule has 0 aliphatic heterocycles. The number of benzene rings is 3. The summed E-state index contributed by atoms with van der Waals surface area (Å²) in [6.45, 7) is 1.89. The highest BCUT2D eigenvalue weighted by atomic mass is 32.2. The summed E-state index contributed by atoms with van der Waals surface area (Å²) in [5, 5.41) is 13.2. The number of carboxylic acid groups (broad SMARTS) is 1. The van der Waals surface area contributed by atoms with Crippen molar-refractivity contribution in [3.63, 3.8) is 0 Å². The molecule has 0 aliphatic carbocycles. The van der Waals surface area contributed by atoms with Gasteiger partial charge in [0.2, 0.25) is 0 Å². The van der Waals surface area contributed by atoms with Gasteiger partial charge in [0.1, 0.15) is 5.82 Å². The summed E-state index contributed by atoms with van der Waals surface area (Å²) in [5.74, 6) is -1.34. The van der Waals surface area contributed by atoms with Crippen LogP contribution in [0.2, 0.25) is 0 Å². The summed E-state index contributed by atoms with van der Waals surface area (Å²) in [7, 11) is -3.33. The highest BCUT2D eigenvalue weighted by Crippen LogP contribution is 2.40. The number of carbonyl (C=O) groups is 1. The van der Waals surface area contributed by atoms with Crippen molar-refractivity contribution in [1.29, 1.82) is 0 Å². The number of hydrogen-bond donors (Lipinski definition) is 2. The maximum absolute atomic E-state index is 13.5. The Labute approximate surface area is 200 Å². The Kier molecular flexibility index (Phi) is 6.49. The van der Waals surface area contributed by atoms with E-state index in [1.54, 1.807) is 54.6 Å². The van der Waals surface area contributed by atoms with Crippen LogP contribution in [-0.4, -0.2) is 30.7 Å². The Morgan fingerprint density at radius 2 is 1.68 bits per heavy atom. The van der Waals surface area contributed by atoms with E-state index >= 15 is 0 Å². The number of nitrogens with zero attached hydrogens (tertiary/aromatic N) is 1. The van der Waals surface area contributed by atoms with Gasteiger partial charge < -0.3 is 10.4 Å². The summed E-state index contributed by atoms with van der Waals surface area (Å²) in [4.78, 5) is 17.1. The number of hydrogen-bond acceptors (Lipinski definition) is 6. The highest BCUT2D eigenvalue weighted by Gasteiger charge is 2.17. The Balaban J connectivity index is 1.77. The first-order valence-electron chi connectivity index (χ1n) is 10.4. The van der Waals surface area contributed by atoms with Crippen LogP contribution in [0.3, 0.4) is 0 Å². The number of rotatable bonds is 7. The number of anilines is 2. The van der Waals surface area contributed by atoms with E-state index in [0.29, 0.717) is 34.1 Å². The minimum atomic E-state index is -3.33. The second-order valence-corrected chi connectivity index (χ2v) is 10.7. The third-order valence-corrected chi connectivity index (χ3v) is 7.41. The van der Waals surface area contributed by atoms with E-state index < -0.39 is 15.8 Å². The number of sulfone groups is 1. The van der Waals surface area contributed by atoms with Gasteiger partial charge in [-0.05, 0) is 72.1 Å². The SMILES string of the molecule is CCc1cc(Nc2nc(-c3ccc(F)cc3)c(-c3ccc(S(C)(=O)=O)cc3)s2)ccc1C(=O)O. The monoisotopic (exact) mass is 496 g/mol. The molecule has 3 aromatic carbocycles. The summed E-state index contributed by atoms with van der Waals surface area (Å²) in [6, 6.07) is 17.5. The van der Waals surface area contributed by atoms with E-state index in [0.717, 1.165) is 16.7 Å². The Morgan fingerprint density at radius 1 is 1.03 bits per heavy atom. The van der Waals surface area contributed by atoms with Gasteiger partial charge in [-0.25, -0.2) is 22.6 Å². The molecule has 0 radical (unpaired) electrons. The van der Waals surface area contributed by atoms with Crippen LogP contribution < -0.4 is 5.32 Å².